The molecule has 0 aliphatic carbocycles. The topological polar surface area (TPSA) is 45.6 Å². The average Bonchev–Trinajstić information content (AvgIpc) is 2.40. The molecule has 19 heavy (non-hydrogen) atoms. The van der Waals surface area contributed by atoms with Gasteiger partial charge in [-0.1, -0.05) is 23.8 Å². The lowest BCUT2D eigenvalue weighted by molar-refractivity contribution is 0.152. The molecule has 0 fully saturated rings. The molecule has 1 rings (SSSR count). The number of hydrogen-bond acceptors (Lipinski definition) is 2. The van der Waals surface area contributed by atoms with E-state index in [0.29, 0.717) is 6.61 Å². The molecule has 0 atom stereocenters. The summed E-state index contributed by atoms with van der Waals surface area (Å²) in [6.07, 6.45) is 0. The van der Waals surface area contributed by atoms with Crippen LogP contribution in [0.25, 0.3) is 0 Å². The highest BCUT2D eigenvalue weighted by molar-refractivity contribution is 5.79. The first-order valence-corrected chi connectivity index (χ1v) is 6.75. The van der Waals surface area contributed by atoms with Crippen molar-refractivity contribution in [1.29, 1.82) is 0 Å². The Bertz CT molecular complexity index is 416. The van der Waals surface area contributed by atoms with Gasteiger partial charge in [-0.3, -0.25) is 4.99 Å². The number of aryl methyl sites for hydroxylation is 2. The standard InChI is InChI=1S/C15H25N3O/c1-5-19-9-8-17-15(16-4)18-11-14-7-6-12(2)10-13(14)3/h6-7,10H,5,8-9,11H2,1-4H3,(H2,16,17,18). The Balaban J connectivity index is 2.40. The minimum atomic E-state index is 0.695. The van der Waals surface area contributed by atoms with Crippen molar-refractivity contribution in [2.45, 2.75) is 27.3 Å². The molecular formula is C15H25N3O. The van der Waals surface area contributed by atoms with Crippen LogP contribution in [0.1, 0.15) is 23.6 Å². The van der Waals surface area contributed by atoms with Gasteiger partial charge in [0.1, 0.15) is 0 Å². The molecule has 106 valence electrons. The highest BCUT2D eigenvalue weighted by Gasteiger charge is 2.01. The lowest BCUT2D eigenvalue weighted by atomic mass is 10.1. The van der Waals surface area contributed by atoms with Crippen molar-refractivity contribution in [2.75, 3.05) is 26.8 Å². The molecule has 0 aliphatic heterocycles. The summed E-state index contributed by atoms with van der Waals surface area (Å²) in [4.78, 5) is 4.19. The van der Waals surface area contributed by atoms with Crippen LogP contribution in [0.5, 0.6) is 0 Å². The van der Waals surface area contributed by atoms with E-state index >= 15 is 0 Å². The first-order valence-electron chi connectivity index (χ1n) is 6.75. The molecule has 0 aromatic heterocycles. The molecule has 2 N–H and O–H groups in total. The van der Waals surface area contributed by atoms with Crippen molar-refractivity contribution in [2.24, 2.45) is 4.99 Å². The van der Waals surface area contributed by atoms with Gasteiger partial charge in [0, 0.05) is 26.7 Å². The van der Waals surface area contributed by atoms with E-state index in [9.17, 15) is 0 Å². The predicted molar refractivity (Wildman–Crippen MR) is 80.6 cm³/mol. The molecule has 4 nitrogen and oxygen atoms in total. The van der Waals surface area contributed by atoms with E-state index < -0.39 is 0 Å². The smallest absolute Gasteiger partial charge is 0.191 e. The van der Waals surface area contributed by atoms with Gasteiger partial charge in [-0.2, -0.15) is 0 Å². The number of ether oxygens (including phenoxy) is 1. The molecule has 4 heteroatoms. The van der Waals surface area contributed by atoms with E-state index in [2.05, 4.69) is 47.7 Å². The van der Waals surface area contributed by atoms with E-state index in [0.717, 1.165) is 25.7 Å². The van der Waals surface area contributed by atoms with Crippen molar-refractivity contribution in [3.05, 3.63) is 34.9 Å². The van der Waals surface area contributed by atoms with E-state index in [1.54, 1.807) is 7.05 Å². The van der Waals surface area contributed by atoms with Crippen LogP contribution in [-0.4, -0.2) is 32.8 Å². The number of hydrogen-bond donors (Lipinski definition) is 2. The summed E-state index contributed by atoms with van der Waals surface area (Å²) in [5.41, 5.74) is 3.89. The summed E-state index contributed by atoms with van der Waals surface area (Å²) in [6.45, 7) is 9.22. The molecule has 0 bridgehead atoms. The summed E-state index contributed by atoms with van der Waals surface area (Å²) in [5, 5.41) is 6.53. The van der Waals surface area contributed by atoms with E-state index in [-0.39, 0.29) is 0 Å². The highest BCUT2D eigenvalue weighted by Crippen LogP contribution is 2.09. The number of nitrogens with zero attached hydrogens (tertiary/aromatic N) is 1. The molecule has 0 saturated heterocycles. The molecular weight excluding hydrogens is 238 g/mol. The van der Waals surface area contributed by atoms with E-state index in [1.807, 2.05) is 6.92 Å². The number of guanidine groups is 1. The van der Waals surface area contributed by atoms with Crippen molar-refractivity contribution in [3.8, 4) is 0 Å². The van der Waals surface area contributed by atoms with Crippen molar-refractivity contribution in [1.82, 2.24) is 10.6 Å². The van der Waals surface area contributed by atoms with Gasteiger partial charge in [-0.05, 0) is 31.9 Å². The minimum absolute atomic E-state index is 0.695. The molecule has 0 radical (unpaired) electrons. The van der Waals surface area contributed by atoms with Crippen LogP contribution >= 0.6 is 0 Å². The Morgan fingerprint density at radius 1 is 1.26 bits per heavy atom. The predicted octanol–water partition coefficient (Wildman–Crippen LogP) is 2.00. The minimum Gasteiger partial charge on any atom is -0.380 e. The Hall–Kier alpha value is -1.55. The van der Waals surface area contributed by atoms with Crippen LogP contribution in [0.3, 0.4) is 0 Å². The maximum Gasteiger partial charge on any atom is 0.191 e. The Morgan fingerprint density at radius 3 is 2.68 bits per heavy atom. The first-order chi connectivity index (χ1) is 9.17. The fourth-order valence-electron chi connectivity index (χ4n) is 1.83. The van der Waals surface area contributed by atoms with Crippen LogP contribution in [-0.2, 0) is 11.3 Å². The normalized spacial score (nSPS) is 11.5. The van der Waals surface area contributed by atoms with Crippen LogP contribution in [0.2, 0.25) is 0 Å². The Labute approximate surface area is 116 Å². The van der Waals surface area contributed by atoms with Gasteiger partial charge in [-0.15, -0.1) is 0 Å². The molecule has 0 unspecified atom stereocenters. The highest BCUT2D eigenvalue weighted by atomic mass is 16.5. The van der Waals surface area contributed by atoms with E-state index in [4.69, 9.17) is 4.74 Å². The van der Waals surface area contributed by atoms with Crippen LogP contribution < -0.4 is 10.6 Å². The molecule has 0 saturated carbocycles. The third-order valence-corrected chi connectivity index (χ3v) is 2.91. The zero-order valence-electron chi connectivity index (χ0n) is 12.4. The van der Waals surface area contributed by atoms with Crippen molar-refractivity contribution < 1.29 is 4.74 Å². The summed E-state index contributed by atoms with van der Waals surface area (Å²) >= 11 is 0. The number of aliphatic imine (C=N–C) groups is 1. The van der Waals surface area contributed by atoms with Crippen molar-refractivity contribution >= 4 is 5.96 Å². The zero-order chi connectivity index (χ0) is 14.1. The van der Waals surface area contributed by atoms with Gasteiger partial charge in [0.05, 0.1) is 6.61 Å². The summed E-state index contributed by atoms with van der Waals surface area (Å²) in [6, 6.07) is 6.49. The quantitative estimate of drug-likeness (QED) is 0.469. The van der Waals surface area contributed by atoms with E-state index in [1.165, 1.54) is 16.7 Å². The van der Waals surface area contributed by atoms with Gasteiger partial charge in [0.25, 0.3) is 0 Å². The number of rotatable bonds is 6. The Morgan fingerprint density at radius 2 is 2.05 bits per heavy atom. The fraction of sp³-hybridized carbons (Fsp3) is 0.533. The molecule has 1 aromatic carbocycles. The van der Waals surface area contributed by atoms with Gasteiger partial charge in [0.2, 0.25) is 0 Å². The molecule has 0 amide bonds. The second kappa shape index (κ2) is 8.53. The maximum atomic E-state index is 5.28. The summed E-state index contributed by atoms with van der Waals surface area (Å²) in [7, 11) is 1.78. The zero-order valence-corrected chi connectivity index (χ0v) is 12.4. The third-order valence-electron chi connectivity index (χ3n) is 2.91. The van der Waals surface area contributed by atoms with Gasteiger partial charge >= 0.3 is 0 Å². The fourth-order valence-corrected chi connectivity index (χ4v) is 1.83. The van der Waals surface area contributed by atoms with Crippen LogP contribution in [0, 0.1) is 13.8 Å². The van der Waals surface area contributed by atoms with Crippen LogP contribution in [0.4, 0.5) is 0 Å². The van der Waals surface area contributed by atoms with Crippen molar-refractivity contribution in [3.63, 3.8) is 0 Å². The second-order valence-corrected chi connectivity index (χ2v) is 4.48. The SMILES string of the molecule is CCOCCNC(=NC)NCc1ccc(C)cc1C. The average molecular weight is 263 g/mol. The molecule has 0 spiro atoms. The van der Waals surface area contributed by atoms with Gasteiger partial charge in [-0.25, -0.2) is 0 Å². The lowest BCUT2D eigenvalue weighted by Crippen LogP contribution is -2.38. The summed E-state index contributed by atoms with van der Waals surface area (Å²) in [5.74, 6) is 0.805. The molecule has 0 heterocycles. The summed E-state index contributed by atoms with van der Waals surface area (Å²) < 4.78 is 5.28. The van der Waals surface area contributed by atoms with Gasteiger partial charge < -0.3 is 15.4 Å². The largest absolute Gasteiger partial charge is 0.380 e. The molecule has 1 aromatic rings. The third kappa shape index (κ3) is 5.75. The monoisotopic (exact) mass is 263 g/mol. The second-order valence-electron chi connectivity index (χ2n) is 4.48. The van der Waals surface area contributed by atoms with Crippen LogP contribution in [0.15, 0.2) is 23.2 Å². The first kappa shape index (κ1) is 15.5. The van der Waals surface area contributed by atoms with Gasteiger partial charge in [0.15, 0.2) is 5.96 Å². The number of nitrogens with one attached hydrogen (secondary N) is 2. The Kier molecular flexibility index (Phi) is 6.97. The molecule has 0 aliphatic rings. The lowest BCUT2D eigenvalue weighted by Gasteiger charge is -2.13. The number of benzene rings is 1. The maximum absolute atomic E-state index is 5.28.